The summed E-state index contributed by atoms with van der Waals surface area (Å²) in [5, 5.41) is 5.93. The maximum atomic E-state index is 10.2. The molecule has 0 aliphatic heterocycles. The number of benzene rings is 1. The minimum absolute atomic E-state index is 0.338. The SMILES string of the molecule is ClNc1ccccc1.NC(=O)c1ccn[nH]1. The predicted molar refractivity (Wildman–Crippen MR) is 63.0 cm³/mol. The topological polar surface area (TPSA) is 83.8 Å². The van der Waals surface area contributed by atoms with Crippen molar-refractivity contribution in [2.24, 2.45) is 5.73 Å². The fraction of sp³-hybridized carbons (Fsp3) is 0. The zero-order valence-corrected chi connectivity index (χ0v) is 9.11. The number of para-hydroxylation sites is 1. The van der Waals surface area contributed by atoms with Crippen LogP contribution in [-0.2, 0) is 0 Å². The zero-order chi connectivity index (χ0) is 11.8. The molecule has 1 aromatic carbocycles. The molecule has 4 N–H and O–H groups in total. The molecule has 0 aliphatic rings. The number of hydrogen-bond donors (Lipinski definition) is 3. The number of anilines is 1. The van der Waals surface area contributed by atoms with Crippen molar-refractivity contribution < 1.29 is 4.79 Å². The van der Waals surface area contributed by atoms with Crippen molar-refractivity contribution in [1.82, 2.24) is 10.2 Å². The van der Waals surface area contributed by atoms with Gasteiger partial charge >= 0.3 is 0 Å². The molecule has 1 heterocycles. The second kappa shape index (κ2) is 6.47. The Kier molecular flexibility index (Phi) is 4.88. The van der Waals surface area contributed by atoms with Gasteiger partial charge < -0.3 is 5.73 Å². The molecule has 0 saturated heterocycles. The summed E-state index contributed by atoms with van der Waals surface area (Å²) in [6, 6.07) is 11.1. The van der Waals surface area contributed by atoms with Crippen molar-refractivity contribution in [1.29, 1.82) is 0 Å². The number of aromatic nitrogens is 2. The number of amides is 1. The quantitative estimate of drug-likeness (QED) is 0.697. The summed E-state index contributed by atoms with van der Waals surface area (Å²) in [6.07, 6.45) is 1.47. The average Bonchev–Trinajstić information content (AvgIpc) is 2.85. The van der Waals surface area contributed by atoms with E-state index >= 15 is 0 Å². The molecular formula is C10H11ClN4O. The molecule has 0 aliphatic carbocycles. The normalized spacial score (nSPS) is 8.81. The predicted octanol–water partition coefficient (Wildman–Crippen LogP) is 1.76. The number of H-pyrrole nitrogens is 1. The second-order valence-corrected chi connectivity index (χ2v) is 2.98. The fourth-order valence-corrected chi connectivity index (χ4v) is 1.02. The molecule has 0 unspecified atom stereocenters. The Balaban J connectivity index is 0.000000160. The number of nitrogens with one attached hydrogen (secondary N) is 2. The van der Waals surface area contributed by atoms with E-state index in [2.05, 4.69) is 15.0 Å². The van der Waals surface area contributed by atoms with E-state index in [0.29, 0.717) is 5.69 Å². The lowest BCUT2D eigenvalue weighted by Gasteiger charge is -1.91. The smallest absolute Gasteiger partial charge is 0.266 e. The monoisotopic (exact) mass is 238 g/mol. The van der Waals surface area contributed by atoms with Gasteiger partial charge in [0.2, 0.25) is 0 Å². The third-order valence-corrected chi connectivity index (χ3v) is 1.87. The van der Waals surface area contributed by atoms with Gasteiger partial charge in [-0.25, -0.2) is 0 Å². The highest BCUT2D eigenvalue weighted by atomic mass is 35.5. The van der Waals surface area contributed by atoms with Gasteiger partial charge in [-0.05, 0) is 18.2 Å². The summed E-state index contributed by atoms with van der Waals surface area (Å²) >= 11 is 5.28. The molecule has 6 heteroatoms. The Hall–Kier alpha value is -2.01. The Bertz CT molecular complexity index is 416. The van der Waals surface area contributed by atoms with Crippen LogP contribution < -0.4 is 10.6 Å². The van der Waals surface area contributed by atoms with Crippen LogP contribution in [0.5, 0.6) is 0 Å². The Labute approximate surface area is 97.7 Å². The van der Waals surface area contributed by atoms with Gasteiger partial charge in [-0.1, -0.05) is 18.2 Å². The van der Waals surface area contributed by atoms with Crippen LogP contribution >= 0.6 is 11.8 Å². The molecule has 0 bridgehead atoms. The molecule has 2 rings (SSSR count). The lowest BCUT2D eigenvalue weighted by atomic mass is 10.3. The first kappa shape index (κ1) is 12.1. The van der Waals surface area contributed by atoms with Crippen molar-refractivity contribution in [2.45, 2.75) is 0 Å². The molecule has 2 aromatic rings. The largest absolute Gasteiger partial charge is 0.364 e. The number of carbonyl (C=O) groups excluding carboxylic acids is 1. The maximum absolute atomic E-state index is 10.2. The molecule has 0 spiro atoms. The van der Waals surface area contributed by atoms with E-state index in [9.17, 15) is 4.79 Å². The molecule has 16 heavy (non-hydrogen) atoms. The van der Waals surface area contributed by atoms with Crippen molar-refractivity contribution in [3.05, 3.63) is 48.3 Å². The highest BCUT2D eigenvalue weighted by Gasteiger charge is 1.96. The van der Waals surface area contributed by atoms with Crippen molar-refractivity contribution in [2.75, 3.05) is 4.84 Å². The number of nitrogens with zero attached hydrogens (tertiary/aromatic N) is 1. The molecule has 0 atom stereocenters. The van der Waals surface area contributed by atoms with Crippen LogP contribution in [0.2, 0.25) is 0 Å². The second-order valence-electron chi connectivity index (χ2n) is 2.80. The summed E-state index contributed by atoms with van der Waals surface area (Å²) in [5.74, 6) is -0.484. The minimum Gasteiger partial charge on any atom is -0.364 e. The Morgan fingerprint density at radius 1 is 1.31 bits per heavy atom. The summed E-state index contributed by atoms with van der Waals surface area (Å²) in [6.45, 7) is 0. The van der Waals surface area contributed by atoms with E-state index in [-0.39, 0.29) is 0 Å². The van der Waals surface area contributed by atoms with Crippen LogP contribution in [0, 0.1) is 0 Å². The Morgan fingerprint density at radius 3 is 2.31 bits per heavy atom. The van der Waals surface area contributed by atoms with Gasteiger partial charge in [-0.15, -0.1) is 0 Å². The van der Waals surface area contributed by atoms with Crippen LogP contribution in [0.25, 0.3) is 0 Å². The molecule has 84 valence electrons. The van der Waals surface area contributed by atoms with Crippen LogP contribution in [0.15, 0.2) is 42.6 Å². The van der Waals surface area contributed by atoms with E-state index in [1.54, 1.807) is 0 Å². The van der Waals surface area contributed by atoms with Crippen LogP contribution in [0.1, 0.15) is 10.5 Å². The molecule has 0 saturated carbocycles. The van der Waals surface area contributed by atoms with Crippen LogP contribution in [0.3, 0.4) is 0 Å². The Morgan fingerprint density at radius 2 is 2.00 bits per heavy atom. The number of aromatic amines is 1. The van der Waals surface area contributed by atoms with Gasteiger partial charge in [0.05, 0.1) is 0 Å². The molecule has 1 amide bonds. The van der Waals surface area contributed by atoms with Crippen LogP contribution in [-0.4, -0.2) is 16.1 Å². The maximum Gasteiger partial charge on any atom is 0.266 e. The molecule has 5 nitrogen and oxygen atoms in total. The van der Waals surface area contributed by atoms with Gasteiger partial charge in [0, 0.05) is 23.7 Å². The van der Waals surface area contributed by atoms with Crippen molar-refractivity contribution in [3.63, 3.8) is 0 Å². The lowest BCUT2D eigenvalue weighted by molar-refractivity contribution is 0.0995. The van der Waals surface area contributed by atoms with E-state index < -0.39 is 5.91 Å². The van der Waals surface area contributed by atoms with E-state index in [1.807, 2.05) is 30.3 Å². The minimum atomic E-state index is -0.484. The molecule has 0 fully saturated rings. The van der Waals surface area contributed by atoms with E-state index in [1.165, 1.54) is 12.3 Å². The number of nitrogens with two attached hydrogens (primary N) is 1. The van der Waals surface area contributed by atoms with Crippen molar-refractivity contribution >= 4 is 23.4 Å². The molecular weight excluding hydrogens is 228 g/mol. The van der Waals surface area contributed by atoms with Crippen LogP contribution in [0.4, 0.5) is 5.69 Å². The number of halogens is 1. The highest BCUT2D eigenvalue weighted by Crippen LogP contribution is 2.04. The standard InChI is InChI=1S/C6H6ClN.C4H5N3O/c7-8-6-4-2-1-3-5-6;5-4(8)3-1-2-6-7-3/h1-5,8H;1-2H,(H2,5,8)(H,6,7). The van der Waals surface area contributed by atoms with E-state index in [0.717, 1.165) is 5.69 Å². The third kappa shape index (κ3) is 4.02. The summed E-state index contributed by atoms with van der Waals surface area (Å²) in [4.78, 5) is 12.7. The van der Waals surface area contributed by atoms with Gasteiger partial charge in [-0.2, -0.15) is 5.10 Å². The first-order chi connectivity index (χ1) is 7.74. The van der Waals surface area contributed by atoms with E-state index in [4.69, 9.17) is 17.5 Å². The summed E-state index contributed by atoms with van der Waals surface area (Å²) in [7, 11) is 0. The van der Waals surface area contributed by atoms with Crippen molar-refractivity contribution in [3.8, 4) is 0 Å². The first-order valence-corrected chi connectivity index (χ1v) is 4.82. The summed E-state index contributed by atoms with van der Waals surface area (Å²) < 4.78 is 0. The number of hydrogen-bond acceptors (Lipinski definition) is 3. The number of primary amides is 1. The number of rotatable bonds is 2. The molecule has 0 radical (unpaired) electrons. The first-order valence-electron chi connectivity index (χ1n) is 4.45. The highest BCUT2D eigenvalue weighted by molar-refractivity contribution is 6.23. The van der Waals surface area contributed by atoms with Gasteiger partial charge in [0.1, 0.15) is 5.69 Å². The average molecular weight is 239 g/mol. The van der Waals surface area contributed by atoms with Gasteiger partial charge in [0.15, 0.2) is 0 Å². The lowest BCUT2D eigenvalue weighted by Crippen LogP contribution is -2.10. The zero-order valence-electron chi connectivity index (χ0n) is 8.35. The fourth-order valence-electron chi connectivity index (χ4n) is 0.894. The number of carbonyl (C=O) groups is 1. The third-order valence-electron chi connectivity index (χ3n) is 1.65. The van der Waals surface area contributed by atoms with Gasteiger partial charge in [0.25, 0.3) is 5.91 Å². The van der Waals surface area contributed by atoms with Gasteiger partial charge in [-0.3, -0.25) is 14.7 Å². The molecule has 1 aromatic heterocycles. The summed E-state index contributed by atoms with van der Waals surface area (Å²) in [5.41, 5.74) is 6.11.